The lowest BCUT2D eigenvalue weighted by atomic mass is 9.96. The molecule has 1 aliphatic rings. The minimum absolute atomic E-state index is 0.114. The van der Waals surface area contributed by atoms with Gasteiger partial charge in [0.05, 0.1) is 4.92 Å². The zero-order valence-electron chi connectivity index (χ0n) is 14.4. The lowest BCUT2D eigenvalue weighted by Crippen LogP contribution is -2.40. The molecule has 7 heteroatoms. The Hall–Kier alpha value is -2.93. The van der Waals surface area contributed by atoms with Crippen LogP contribution in [0.5, 0.6) is 0 Å². The van der Waals surface area contributed by atoms with Crippen molar-refractivity contribution >= 4 is 23.0 Å². The zero-order chi connectivity index (χ0) is 18.5. The van der Waals surface area contributed by atoms with Gasteiger partial charge in [0, 0.05) is 30.4 Å². The summed E-state index contributed by atoms with van der Waals surface area (Å²) < 4.78 is 0. The minimum Gasteiger partial charge on any atom is -0.350 e. The molecule has 1 saturated heterocycles. The maximum Gasteiger partial charge on any atom is 0.293 e. The van der Waals surface area contributed by atoms with Crippen molar-refractivity contribution in [3.05, 3.63) is 64.2 Å². The smallest absolute Gasteiger partial charge is 0.293 e. The third-order valence-corrected chi connectivity index (χ3v) is 4.73. The number of benzene rings is 2. The van der Waals surface area contributed by atoms with Crippen LogP contribution in [-0.2, 0) is 0 Å². The quantitative estimate of drug-likeness (QED) is 0.634. The van der Waals surface area contributed by atoms with Gasteiger partial charge in [0.15, 0.2) is 0 Å². The fourth-order valence-electron chi connectivity index (χ4n) is 3.15. The largest absolute Gasteiger partial charge is 0.350 e. The van der Waals surface area contributed by atoms with Gasteiger partial charge in [0.2, 0.25) is 0 Å². The van der Waals surface area contributed by atoms with Gasteiger partial charge in [-0.2, -0.15) is 0 Å². The molecule has 0 saturated carbocycles. The molecule has 2 aromatic carbocycles. The Morgan fingerprint density at radius 3 is 2.50 bits per heavy atom. The van der Waals surface area contributed by atoms with E-state index in [1.54, 1.807) is 17.0 Å². The second-order valence-electron chi connectivity index (χ2n) is 6.45. The monoisotopic (exact) mass is 354 g/mol. The van der Waals surface area contributed by atoms with Crippen LogP contribution < -0.4 is 11.1 Å². The van der Waals surface area contributed by atoms with E-state index in [9.17, 15) is 14.9 Å². The third-order valence-electron chi connectivity index (χ3n) is 4.73. The number of para-hydroxylation sites is 1. The summed E-state index contributed by atoms with van der Waals surface area (Å²) in [6.07, 6.45) is 1.75. The van der Waals surface area contributed by atoms with E-state index in [4.69, 9.17) is 5.73 Å². The molecule has 0 aromatic heterocycles. The molecule has 3 N–H and O–H groups in total. The van der Waals surface area contributed by atoms with Crippen LogP contribution in [0.3, 0.4) is 0 Å². The van der Waals surface area contributed by atoms with Gasteiger partial charge in [0.1, 0.15) is 5.69 Å². The van der Waals surface area contributed by atoms with E-state index in [2.05, 4.69) is 5.32 Å². The number of piperidine rings is 1. The second-order valence-corrected chi connectivity index (χ2v) is 6.45. The molecule has 2 aromatic rings. The van der Waals surface area contributed by atoms with Crippen molar-refractivity contribution < 1.29 is 9.72 Å². The van der Waals surface area contributed by atoms with Gasteiger partial charge in [-0.3, -0.25) is 14.9 Å². The van der Waals surface area contributed by atoms with Crippen LogP contribution in [0.25, 0.3) is 0 Å². The number of nitrogens with zero attached hydrogens (tertiary/aromatic N) is 2. The lowest BCUT2D eigenvalue weighted by molar-refractivity contribution is -0.383. The van der Waals surface area contributed by atoms with Crippen LogP contribution in [0.4, 0.5) is 17.1 Å². The molecule has 0 radical (unpaired) electrons. The maximum atomic E-state index is 12.7. The first-order valence-corrected chi connectivity index (χ1v) is 8.68. The van der Waals surface area contributed by atoms with E-state index in [1.807, 2.05) is 30.3 Å². The van der Waals surface area contributed by atoms with E-state index < -0.39 is 4.92 Å². The molecule has 0 unspecified atom stereocenters. The summed E-state index contributed by atoms with van der Waals surface area (Å²) in [5.74, 6) is 0.278. The molecule has 0 aliphatic carbocycles. The molecule has 26 heavy (non-hydrogen) atoms. The number of nitro groups is 1. The van der Waals surface area contributed by atoms with Gasteiger partial charge in [0.25, 0.3) is 11.6 Å². The SMILES string of the molecule is NCC1CCN(C(=O)c2ccc(Nc3ccccc3)c([N+](=O)[O-])c2)CC1. The Balaban J connectivity index is 1.80. The number of carbonyl (C=O) groups excluding carboxylic acids is 1. The minimum atomic E-state index is -0.470. The zero-order valence-corrected chi connectivity index (χ0v) is 14.4. The Morgan fingerprint density at radius 2 is 1.88 bits per heavy atom. The van der Waals surface area contributed by atoms with E-state index >= 15 is 0 Å². The van der Waals surface area contributed by atoms with Crippen LogP contribution >= 0.6 is 0 Å². The lowest BCUT2D eigenvalue weighted by Gasteiger charge is -2.31. The second kappa shape index (κ2) is 7.97. The number of rotatable bonds is 5. The average Bonchev–Trinajstić information content (AvgIpc) is 2.68. The first-order valence-electron chi connectivity index (χ1n) is 8.68. The highest BCUT2D eigenvalue weighted by molar-refractivity contribution is 5.96. The summed E-state index contributed by atoms with van der Waals surface area (Å²) in [5, 5.41) is 14.5. The molecular formula is C19H22N4O3. The van der Waals surface area contributed by atoms with Crippen molar-refractivity contribution in [2.24, 2.45) is 11.7 Å². The number of carbonyl (C=O) groups is 1. The first-order chi connectivity index (χ1) is 12.6. The van der Waals surface area contributed by atoms with E-state index in [1.165, 1.54) is 6.07 Å². The van der Waals surface area contributed by atoms with Crippen LogP contribution in [0.2, 0.25) is 0 Å². The van der Waals surface area contributed by atoms with Crippen LogP contribution in [0.15, 0.2) is 48.5 Å². The Morgan fingerprint density at radius 1 is 1.19 bits per heavy atom. The van der Waals surface area contributed by atoms with Crippen molar-refractivity contribution in [1.29, 1.82) is 0 Å². The predicted molar refractivity (Wildman–Crippen MR) is 101 cm³/mol. The van der Waals surface area contributed by atoms with Crippen LogP contribution in [0.1, 0.15) is 23.2 Å². The Kier molecular flexibility index (Phi) is 5.48. The Bertz CT molecular complexity index is 787. The highest BCUT2D eigenvalue weighted by Gasteiger charge is 2.25. The standard InChI is InChI=1S/C19H22N4O3/c20-13-14-8-10-22(11-9-14)19(24)15-6-7-17(18(12-15)23(25)26)21-16-4-2-1-3-5-16/h1-7,12,14,21H,8-11,13,20H2. The number of likely N-dealkylation sites (tertiary alicyclic amines) is 1. The molecule has 0 bridgehead atoms. The number of anilines is 2. The van der Waals surface area contributed by atoms with Gasteiger partial charge in [-0.15, -0.1) is 0 Å². The number of hydrogen-bond donors (Lipinski definition) is 2. The van der Waals surface area contributed by atoms with Crippen molar-refractivity contribution in [2.45, 2.75) is 12.8 Å². The topological polar surface area (TPSA) is 102 Å². The summed E-state index contributed by atoms with van der Waals surface area (Å²) in [6.45, 7) is 1.91. The molecule has 1 heterocycles. The van der Waals surface area contributed by atoms with Crippen molar-refractivity contribution in [3.8, 4) is 0 Å². The fraction of sp³-hybridized carbons (Fsp3) is 0.316. The molecule has 0 atom stereocenters. The number of hydrogen-bond acceptors (Lipinski definition) is 5. The summed E-state index contributed by atoms with van der Waals surface area (Å²) in [4.78, 5) is 25.4. The van der Waals surface area contributed by atoms with Crippen molar-refractivity contribution in [1.82, 2.24) is 4.90 Å². The number of nitrogens with two attached hydrogens (primary N) is 1. The predicted octanol–water partition coefficient (Wildman–Crippen LogP) is 3.15. The Labute approximate surface area is 152 Å². The average molecular weight is 354 g/mol. The molecule has 0 spiro atoms. The van der Waals surface area contributed by atoms with Crippen molar-refractivity contribution in [3.63, 3.8) is 0 Å². The summed E-state index contributed by atoms with van der Waals surface area (Å²) in [5.41, 5.74) is 7.01. The molecular weight excluding hydrogens is 332 g/mol. The summed E-state index contributed by atoms with van der Waals surface area (Å²) in [7, 11) is 0. The highest BCUT2D eigenvalue weighted by Crippen LogP contribution is 2.29. The van der Waals surface area contributed by atoms with Gasteiger partial charge >= 0.3 is 0 Å². The van der Waals surface area contributed by atoms with Gasteiger partial charge in [-0.25, -0.2) is 0 Å². The van der Waals surface area contributed by atoms with Gasteiger partial charge < -0.3 is 16.0 Å². The summed E-state index contributed by atoms with van der Waals surface area (Å²) in [6, 6.07) is 13.8. The summed E-state index contributed by atoms with van der Waals surface area (Å²) >= 11 is 0. The fourth-order valence-corrected chi connectivity index (χ4v) is 3.15. The highest BCUT2D eigenvalue weighted by atomic mass is 16.6. The number of nitrogens with one attached hydrogen (secondary N) is 1. The molecule has 136 valence electrons. The molecule has 1 fully saturated rings. The van der Waals surface area contributed by atoms with Gasteiger partial charge in [-0.05, 0) is 49.6 Å². The molecule has 3 rings (SSSR count). The van der Waals surface area contributed by atoms with Crippen LogP contribution in [-0.4, -0.2) is 35.4 Å². The number of nitro benzene ring substituents is 1. The molecule has 1 aliphatic heterocycles. The maximum absolute atomic E-state index is 12.7. The number of amides is 1. The third kappa shape index (κ3) is 4.00. The van der Waals surface area contributed by atoms with E-state index in [-0.39, 0.29) is 11.6 Å². The molecule has 1 amide bonds. The van der Waals surface area contributed by atoms with E-state index in [0.717, 1.165) is 18.5 Å². The molecule has 7 nitrogen and oxygen atoms in total. The normalized spacial score (nSPS) is 14.9. The van der Waals surface area contributed by atoms with E-state index in [0.29, 0.717) is 36.8 Å². The van der Waals surface area contributed by atoms with Crippen LogP contribution in [0, 0.1) is 16.0 Å². The van der Waals surface area contributed by atoms with Crippen molar-refractivity contribution in [2.75, 3.05) is 25.0 Å². The van der Waals surface area contributed by atoms with Gasteiger partial charge in [-0.1, -0.05) is 18.2 Å². The first kappa shape index (κ1) is 17.9.